The van der Waals surface area contributed by atoms with Crippen LogP contribution in [0.5, 0.6) is 0 Å². The van der Waals surface area contributed by atoms with Crippen molar-refractivity contribution in [2.75, 3.05) is 6.26 Å². The van der Waals surface area contributed by atoms with E-state index in [0.29, 0.717) is 11.7 Å². The van der Waals surface area contributed by atoms with Crippen molar-refractivity contribution >= 4 is 23.3 Å². The molecule has 0 bridgehead atoms. The third-order valence-electron chi connectivity index (χ3n) is 5.62. The Morgan fingerprint density at radius 1 is 1.19 bits per heavy atom. The third kappa shape index (κ3) is 5.10. The summed E-state index contributed by atoms with van der Waals surface area (Å²) in [5, 5.41) is 0. The normalized spacial score (nSPS) is 15.8. The lowest BCUT2D eigenvalue weighted by atomic mass is 9.83. The van der Waals surface area contributed by atoms with E-state index in [1.807, 2.05) is 0 Å². The smallest absolute Gasteiger partial charge is 0.198 e. The monoisotopic (exact) mass is 384 g/mol. The highest BCUT2D eigenvalue weighted by molar-refractivity contribution is 7.98. The van der Waals surface area contributed by atoms with E-state index in [0.717, 1.165) is 12.0 Å². The van der Waals surface area contributed by atoms with Crippen LogP contribution in [0.25, 0.3) is 0 Å². The van der Waals surface area contributed by atoms with E-state index in [-0.39, 0.29) is 30.3 Å². The Morgan fingerprint density at radius 2 is 1.89 bits per heavy atom. The maximum absolute atomic E-state index is 13.1. The maximum Gasteiger partial charge on any atom is 0.198 e. The lowest BCUT2D eigenvalue weighted by Crippen LogP contribution is -2.18. The van der Waals surface area contributed by atoms with Gasteiger partial charge in [-0.3, -0.25) is 9.59 Å². The fourth-order valence-electron chi connectivity index (χ4n) is 4.03. The first kappa shape index (κ1) is 19.9. The second-order valence-electron chi connectivity index (χ2n) is 7.46. The molecular formula is C22H28N2O2S. The Morgan fingerprint density at radius 3 is 2.48 bits per heavy atom. The van der Waals surface area contributed by atoms with Crippen LogP contribution in [0.4, 0.5) is 0 Å². The number of aromatic nitrogens is 2. The van der Waals surface area contributed by atoms with Gasteiger partial charge in [0, 0.05) is 43.1 Å². The average molecular weight is 385 g/mol. The highest BCUT2D eigenvalue weighted by atomic mass is 32.2. The lowest BCUT2D eigenvalue weighted by molar-refractivity contribution is -0.120. The summed E-state index contributed by atoms with van der Waals surface area (Å²) in [5.41, 5.74) is 1.09. The quantitative estimate of drug-likeness (QED) is 0.449. The molecule has 3 rings (SSSR count). The summed E-state index contributed by atoms with van der Waals surface area (Å²) >= 11 is 1.71. The minimum atomic E-state index is -0.0989. The summed E-state index contributed by atoms with van der Waals surface area (Å²) in [4.78, 5) is 30.7. The number of rotatable bonds is 9. The van der Waals surface area contributed by atoms with E-state index in [1.54, 1.807) is 35.8 Å². The Bertz CT molecular complexity index is 776. The van der Waals surface area contributed by atoms with Crippen LogP contribution in [0.3, 0.4) is 0 Å². The number of hydrogen-bond donors (Lipinski definition) is 0. The molecule has 1 fully saturated rings. The molecule has 0 radical (unpaired) electrons. The highest BCUT2D eigenvalue weighted by Gasteiger charge is 2.27. The number of carbonyl (C=O) groups is 2. The number of Topliss-reactive ketones (excluding diaryl/α,β-unsaturated/α-hetero) is 2. The summed E-state index contributed by atoms with van der Waals surface area (Å²) in [5.74, 6) is 1.08. The van der Waals surface area contributed by atoms with Crippen LogP contribution in [-0.4, -0.2) is 27.4 Å². The Labute approximate surface area is 165 Å². The molecule has 0 N–H and O–H groups in total. The fourth-order valence-corrected chi connectivity index (χ4v) is 4.43. The van der Waals surface area contributed by atoms with Gasteiger partial charge in [-0.05, 0) is 36.3 Å². The minimum Gasteiger partial charge on any atom is -0.332 e. The zero-order valence-corrected chi connectivity index (χ0v) is 17.0. The van der Waals surface area contributed by atoms with Crippen molar-refractivity contribution in [2.24, 2.45) is 13.0 Å². The molecule has 1 aromatic heterocycles. The number of thioether (sulfide) groups is 1. The van der Waals surface area contributed by atoms with Crippen LogP contribution in [0.2, 0.25) is 0 Å². The number of benzene rings is 1. The van der Waals surface area contributed by atoms with E-state index < -0.39 is 0 Å². The van der Waals surface area contributed by atoms with Gasteiger partial charge in [-0.25, -0.2) is 4.98 Å². The van der Waals surface area contributed by atoms with E-state index in [1.165, 1.54) is 30.6 Å². The summed E-state index contributed by atoms with van der Waals surface area (Å²) < 4.78 is 1.71. The molecule has 27 heavy (non-hydrogen) atoms. The molecule has 1 saturated carbocycles. The Hall–Kier alpha value is -1.88. The summed E-state index contributed by atoms with van der Waals surface area (Å²) in [6.45, 7) is 0. The van der Waals surface area contributed by atoms with Gasteiger partial charge in [0.2, 0.25) is 0 Å². The molecule has 1 aliphatic carbocycles. The van der Waals surface area contributed by atoms with Gasteiger partial charge in [-0.2, -0.15) is 0 Å². The van der Waals surface area contributed by atoms with Crippen molar-refractivity contribution < 1.29 is 9.59 Å². The number of nitrogens with zero attached hydrogens (tertiary/aromatic N) is 2. The molecule has 1 heterocycles. The van der Waals surface area contributed by atoms with Gasteiger partial charge in [0.25, 0.3) is 0 Å². The van der Waals surface area contributed by atoms with Crippen molar-refractivity contribution in [3.63, 3.8) is 0 Å². The van der Waals surface area contributed by atoms with Crippen LogP contribution in [0.15, 0.2) is 41.6 Å². The third-order valence-corrected chi connectivity index (χ3v) is 6.36. The summed E-state index contributed by atoms with van der Waals surface area (Å²) in [6, 6.07) is 8.36. The summed E-state index contributed by atoms with van der Waals surface area (Å²) in [7, 11) is 1.80. The van der Waals surface area contributed by atoms with Crippen LogP contribution in [-0.2, 0) is 11.8 Å². The Balaban J connectivity index is 1.69. The number of aryl methyl sites for hydroxylation is 1. The highest BCUT2D eigenvalue weighted by Crippen LogP contribution is 2.35. The lowest BCUT2D eigenvalue weighted by Gasteiger charge is -2.20. The van der Waals surface area contributed by atoms with Gasteiger partial charge in [0.1, 0.15) is 5.78 Å². The molecule has 1 aliphatic rings. The van der Waals surface area contributed by atoms with Crippen molar-refractivity contribution in [3.8, 4) is 0 Å². The Kier molecular flexibility index (Phi) is 6.89. The fraction of sp³-hybridized carbons (Fsp3) is 0.500. The van der Waals surface area contributed by atoms with Crippen molar-refractivity contribution in [1.29, 1.82) is 0 Å². The second kappa shape index (κ2) is 9.36. The number of ketones is 2. The SMILES string of the molecule is CSc1ccc(C(CC2CCCC2)C(=O)CCC(=O)c2nccn2C)cc1. The molecule has 0 spiro atoms. The predicted octanol–water partition coefficient (Wildman–Crippen LogP) is 5.04. The number of carbonyl (C=O) groups excluding carboxylic acids is 2. The molecule has 5 heteroatoms. The zero-order valence-electron chi connectivity index (χ0n) is 16.2. The average Bonchev–Trinajstić information content (AvgIpc) is 3.35. The van der Waals surface area contributed by atoms with Gasteiger partial charge >= 0.3 is 0 Å². The molecule has 0 amide bonds. The number of imidazole rings is 1. The second-order valence-corrected chi connectivity index (χ2v) is 8.34. The van der Waals surface area contributed by atoms with Crippen molar-refractivity contribution in [2.45, 2.75) is 55.8 Å². The maximum atomic E-state index is 13.1. The van der Waals surface area contributed by atoms with Crippen LogP contribution in [0.1, 0.15) is 67.0 Å². The van der Waals surface area contributed by atoms with Gasteiger partial charge in [0.05, 0.1) is 0 Å². The minimum absolute atomic E-state index is 0.0619. The molecule has 1 unspecified atom stereocenters. The molecule has 1 aromatic carbocycles. The summed E-state index contributed by atoms with van der Waals surface area (Å²) in [6.07, 6.45) is 11.8. The first-order chi connectivity index (χ1) is 13.1. The molecule has 4 nitrogen and oxygen atoms in total. The van der Waals surface area contributed by atoms with Crippen molar-refractivity contribution in [1.82, 2.24) is 9.55 Å². The number of hydrogen-bond acceptors (Lipinski definition) is 4. The van der Waals surface area contributed by atoms with Gasteiger partial charge in [0.15, 0.2) is 11.6 Å². The predicted molar refractivity (Wildman–Crippen MR) is 109 cm³/mol. The van der Waals surface area contributed by atoms with Gasteiger partial charge < -0.3 is 4.57 Å². The zero-order chi connectivity index (χ0) is 19.2. The first-order valence-electron chi connectivity index (χ1n) is 9.75. The van der Waals surface area contributed by atoms with E-state index in [2.05, 4.69) is 35.5 Å². The van der Waals surface area contributed by atoms with E-state index >= 15 is 0 Å². The first-order valence-corrected chi connectivity index (χ1v) is 11.0. The molecule has 2 aromatic rings. The van der Waals surface area contributed by atoms with E-state index in [4.69, 9.17) is 0 Å². The van der Waals surface area contributed by atoms with Crippen LogP contribution >= 0.6 is 11.8 Å². The van der Waals surface area contributed by atoms with Gasteiger partial charge in [-0.15, -0.1) is 11.8 Å². The topological polar surface area (TPSA) is 52.0 Å². The molecule has 0 aliphatic heterocycles. The molecular weight excluding hydrogens is 356 g/mol. The largest absolute Gasteiger partial charge is 0.332 e. The van der Waals surface area contributed by atoms with E-state index in [9.17, 15) is 9.59 Å². The molecule has 0 saturated heterocycles. The van der Waals surface area contributed by atoms with Gasteiger partial charge in [-0.1, -0.05) is 37.8 Å². The van der Waals surface area contributed by atoms with Crippen LogP contribution in [0, 0.1) is 5.92 Å². The van der Waals surface area contributed by atoms with Crippen molar-refractivity contribution in [3.05, 3.63) is 48.0 Å². The molecule has 144 valence electrons. The standard InChI is InChI=1S/C22H28N2O2S/c1-24-14-13-23-22(24)21(26)12-11-20(25)19(15-16-5-3-4-6-16)17-7-9-18(27-2)10-8-17/h7-10,13-14,16,19H,3-6,11-12,15H2,1-2H3. The van der Waals surface area contributed by atoms with Crippen LogP contribution < -0.4 is 0 Å². The molecule has 1 atom stereocenters.